The van der Waals surface area contributed by atoms with Gasteiger partial charge in [0.05, 0.1) is 17.2 Å². The predicted octanol–water partition coefficient (Wildman–Crippen LogP) is 1.27. The molecule has 1 aromatic carbocycles. The van der Waals surface area contributed by atoms with Crippen molar-refractivity contribution in [2.75, 3.05) is 13.2 Å². The van der Waals surface area contributed by atoms with E-state index in [0.717, 1.165) is 17.3 Å². The van der Waals surface area contributed by atoms with E-state index in [0.29, 0.717) is 6.42 Å². The van der Waals surface area contributed by atoms with Gasteiger partial charge in [-0.3, -0.25) is 4.79 Å². The molecule has 0 aliphatic heterocycles. The molecule has 0 aliphatic carbocycles. The minimum atomic E-state index is -0.473. The molecule has 0 aliphatic rings. The minimum Gasteiger partial charge on any atom is -0.404 e. The van der Waals surface area contributed by atoms with Crippen LogP contribution in [0.3, 0.4) is 0 Å². The van der Waals surface area contributed by atoms with E-state index in [4.69, 9.17) is 22.4 Å². The third-order valence-corrected chi connectivity index (χ3v) is 3.44. The van der Waals surface area contributed by atoms with Crippen LogP contribution in [0, 0.1) is 5.82 Å². The number of hydrogen-bond acceptors (Lipinski definition) is 5. The van der Waals surface area contributed by atoms with Crippen molar-refractivity contribution in [3.05, 3.63) is 64.6 Å². The third kappa shape index (κ3) is 4.50. The molecule has 0 fully saturated rings. The molecule has 1 heterocycles. The highest BCUT2D eigenvalue weighted by molar-refractivity contribution is 6.30. The molecule has 6 nitrogen and oxygen atoms in total. The van der Waals surface area contributed by atoms with Crippen LogP contribution in [0.25, 0.3) is 5.57 Å². The summed E-state index contributed by atoms with van der Waals surface area (Å²) in [6.07, 6.45) is 4.70. The van der Waals surface area contributed by atoms with E-state index in [1.165, 1.54) is 6.07 Å². The van der Waals surface area contributed by atoms with Gasteiger partial charge in [0.2, 0.25) is 0 Å². The molecule has 0 saturated heterocycles. The number of nitrogens with zero attached hydrogens (tertiary/aromatic N) is 2. The zero-order valence-electron chi connectivity index (χ0n) is 12.7. The maximum absolute atomic E-state index is 13.2. The van der Waals surface area contributed by atoms with Crippen LogP contribution in [0.5, 0.6) is 0 Å². The van der Waals surface area contributed by atoms with Crippen LogP contribution in [0.2, 0.25) is 5.02 Å². The topological polar surface area (TPSA) is 101 Å². The lowest BCUT2D eigenvalue weighted by atomic mass is 10.1. The Balaban J connectivity index is 2.11. The van der Waals surface area contributed by atoms with Crippen LogP contribution in [0.15, 0.2) is 36.8 Å². The van der Waals surface area contributed by atoms with Crippen LogP contribution >= 0.6 is 11.6 Å². The molecule has 8 heteroatoms. The number of halogens is 2. The monoisotopic (exact) mass is 350 g/mol. The molecular formula is C16H16ClFN4O2. The zero-order chi connectivity index (χ0) is 17.5. The number of hydrogen-bond donors (Lipinski definition) is 3. The van der Waals surface area contributed by atoms with Gasteiger partial charge in [-0.1, -0.05) is 17.7 Å². The maximum Gasteiger partial charge on any atom is 0.256 e. The van der Waals surface area contributed by atoms with E-state index in [-0.39, 0.29) is 29.6 Å². The number of aromatic nitrogens is 2. The lowest BCUT2D eigenvalue weighted by Crippen LogP contribution is -2.28. The highest BCUT2D eigenvalue weighted by Crippen LogP contribution is 2.18. The first-order valence-corrected chi connectivity index (χ1v) is 7.49. The number of rotatable bonds is 6. The Bertz CT molecular complexity index is 750. The molecule has 0 bridgehead atoms. The Kier molecular flexibility index (Phi) is 6.22. The summed E-state index contributed by atoms with van der Waals surface area (Å²) >= 11 is 5.75. The smallest absolute Gasteiger partial charge is 0.256 e. The summed E-state index contributed by atoms with van der Waals surface area (Å²) in [5, 5.41) is 11.3. The van der Waals surface area contributed by atoms with Crippen LogP contribution in [0.1, 0.15) is 17.0 Å². The SMILES string of the molecule is N/C=C(/C(=O)NCCO)c1ncc(Cc2ccc(F)c(Cl)c2)cn1. The van der Waals surface area contributed by atoms with Crippen molar-refractivity contribution in [2.24, 2.45) is 5.73 Å². The molecule has 2 rings (SSSR count). The van der Waals surface area contributed by atoms with Crippen LogP contribution in [-0.4, -0.2) is 34.1 Å². The molecule has 126 valence electrons. The average molecular weight is 351 g/mol. The van der Waals surface area contributed by atoms with Gasteiger partial charge in [-0.2, -0.15) is 0 Å². The molecule has 0 atom stereocenters. The molecule has 24 heavy (non-hydrogen) atoms. The predicted molar refractivity (Wildman–Crippen MR) is 88.5 cm³/mol. The quantitative estimate of drug-likeness (QED) is 0.681. The number of carbonyl (C=O) groups is 1. The second kappa shape index (κ2) is 8.37. The average Bonchev–Trinajstić information content (AvgIpc) is 2.58. The van der Waals surface area contributed by atoms with E-state index in [2.05, 4.69) is 15.3 Å². The Morgan fingerprint density at radius 3 is 2.62 bits per heavy atom. The molecule has 4 N–H and O–H groups in total. The summed E-state index contributed by atoms with van der Waals surface area (Å²) in [5.41, 5.74) is 7.15. The molecule has 0 unspecified atom stereocenters. The second-order valence-electron chi connectivity index (χ2n) is 4.90. The van der Waals surface area contributed by atoms with Gasteiger partial charge in [0.15, 0.2) is 5.82 Å². The number of benzene rings is 1. The Labute approximate surface area is 143 Å². The number of nitrogens with two attached hydrogens (primary N) is 1. The van der Waals surface area contributed by atoms with Gasteiger partial charge in [-0.05, 0) is 23.3 Å². The van der Waals surface area contributed by atoms with Crippen LogP contribution < -0.4 is 11.1 Å². The van der Waals surface area contributed by atoms with Crippen LogP contribution in [-0.2, 0) is 11.2 Å². The van der Waals surface area contributed by atoms with E-state index < -0.39 is 11.7 Å². The van der Waals surface area contributed by atoms with Crippen molar-refractivity contribution < 1.29 is 14.3 Å². The number of carbonyl (C=O) groups excluding carboxylic acids is 1. The van der Waals surface area contributed by atoms with Crippen molar-refractivity contribution in [1.82, 2.24) is 15.3 Å². The summed E-state index contributed by atoms with van der Waals surface area (Å²) in [7, 11) is 0. The van der Waals surface area contributed by atoms with Gasteiger partial charge in [0.1, 0.15) is 5.82 Å². The molecule has 0 spiro atoms. The first-order valence-electron chi connectivity index (χ1n) is 7.11. The number of aliphatic hydroxyl groups excluding tert-OH is 1. The molecule has 0 saturated carbocycles. The van der Waals surface area contributed by atoms with Crippen molar-refractivity contribution in [1.29, 1.82) is 0 Å². The zero-order valence-corrected chi connectivity index (χ0v) is 13.4. The fourth-order valence-corrected chi connectivity index (χ4v) is 2.19. The fraction of sp³-hybridized carbons (Fsp3) is 0.188. The van der Waals surface area contributed by atoms with Crippen molar-refractivity contribution in [3.63, 3.8) is 0 Å². The lowest BCUT2D eigenvalue weighted by molar-refractivity contribution is -0.115. The first-order chi connectivity index (χ1) is 11.5. The van der Waals surface area contributed by atoms with Crippen molar-refractivity contribution in [3.8, 4) is 0 Å². The van der Waals surface area contributed by atoms with Gasteiger partial charge in [0, 0.05) is 31.6 Å². The van der Waals surface area contributed by atoms with Gasteiger partial charge in [-0.25, -0.2) is 14.4 Å². The third-order valence-electron chi connectivity index (χ3n) is 3.15. The highest BCUT2D eigenvalue weighted by Gasteiger charge is 2.14. The van der Waals surface area contributed by atoms with Gasteiger partial charge in [0.25, 0.3) is 5.91 Å². The van der Waals surface area contributed by atoms with Gasteiger partial charge >= 0.3 is 0 Å². The Morgan fingerprint density at radius 2 is 2.04 bits per heavy atom. The number of aliphatic hydroxyl groups is 1. The summed E-state index contributed by atoms with van der Waals surface area (Å²) in [6, 6.07) is 4.47. The van der Waals surface area contributed by atoms with E-state index in [9.17, 15) is 9.18 Å². The van der Waals surface area contributed by atoms with Crippen molar-refractivity contribution in [2.45, 2.75) is 6.42 Å². The van der Waals surface area contributed by atoms with Crippen molar-refractivity contribution >= 4 is 23.1 Å². The summed E-state index contributed by atoms with van der Waals surface area (Å²) in [4.78, 5) is 20.1. The summed E-state index contributed by atoms with van der Waals surface area (Å²) in [6.45, 7) is -0.0663. The number of nitrogens with one attached hydrogen (secondary N) is 1. The first kappa shape index (κ1) is 17.8. The molecule has 1 amide bonds. The Hall–Kier alpha value is -2.51. The molecular weight excluding hydrogens is 335 g/mol. The second-order valence-corrected chi connectivity index (χ2v) is 5.31. The Morgan fingerprint density at radius 1 is 1.33 bits per heavy atom. The molecule has 0 radical (unpaired) electrons. The maximum atomic E-state index is 13.2. The summed E-state index contributed by atoms with van der Waals surface area (Å²) in [5.74, 6) is -0.767. The largest absolute Gasteiger partial charge is 0.404 e. The fourth-order valence-electron chi connectivity index (χ4n) is 1.99. The number of amides is 1. The summed E-state index contributed by atoms with van der Waals surface area (Å²) < 4.78 is 13.2. The standard InChI is InChI=1S/C16H16ClFN4O2/c17-13-6-10(1-2-14(13)18)5-11-8-21-15(22-9-11)12(7-19)16(24)20-3-4-23/h1-2,6-9,23H,3-5,19H2,(H,20,24)/b12-7+. The normalized spacial score (nSPS) is 11.4. The molecule has 1 aromatic heterocycles. The molecule has 2 aromatic rings. The van der Waals surface area contributed by atoms with Crippen LogP contribution in [0.4, 0.5) is 4.39 Å². The minimum absolute atomic E-state index is 0.0546. The highest BCUT2D eigenvalue weighted by atomic mass is 35.5. The van der Waals surface area contributed by atoms with E-state index in [1.807, 2.05) is 0 Å². The van der Waals surface area contributed by atoms with Gasteiger partial charge in [-0.15, -0.1) is 0 Å². The van der Waals surface area contributed by atoms with E-state index >= 15 is 0 Å². The lowest BCUT2D eigenvalue weighted by Gasteiger charge is -2.07. The van der Waals surface area contributed by atoms with E-state index in [1.54, 1.807) is 24.5 Å². The van der Waals surface area contributed by atoms with Gasteiger partial charge < -0.3 is 16.2 Å².